The van der Waals surface area contributed by atoms with E-state index in [1.54, 1.807) is 20.4 Å². The summed E-state index contributed by atoms with van der Waals surface area (Å²) in [6, 6.07) is 15.6. The lowest BCUT2D eigenvalue weighted by Gasteiger charge is -2.14. The molecule has 0 fully saturated rings. The molecule has 1 aromatic heterocycles. The van der Waals surface area contributed by atoms with Crippen molar-refractivity contribution in [1.82, 2.24) is 10.3 Å². The number of hydrogen-bond acceptors (Lipinski definition) is 5. The number of aromatic nitrogens is 1. The van der Waals surface area contributed by atoms with Crippen LogP contribution in [0.15, 0.2) is 54.7 Å². The first-order chi connectivity index (χ1) is 12.7. The third kappa shape index (κ3) is 5.21. The molecule has 0 bridgehead atoms. The first kappa shape index (κ1) is 20.7. The van der Waals surface area contributed by atoms with Gasteiger partial charge in [0, 0.05) is 6.20 Å². The molecule has 27 heavy (non-hydrogen) atoms. The number of anilines is 1. The Morgan fingerprint density at radius 1 is 1.04 bits per heavy atom. The molecule has 3 N–H and O–H groups in total. The molecule has 3 aromatic rings. The van der Waals surface area contributed by atoms with E-state index in [-0.39, 0.29) is 22.9 Å². The van der Waals surface area contributed by atoms with Crippen LogP contribution in [-0.4, -0.2) is 25.2 Å². The van der Waals surface area contributed by atoms with Gasteiger partial charge in [0.1, 0.15) is 11.5 Å². The van der Waals surface area contributed by atoms with Gasteiger partial charge in [-0.1, -0.05) is 47.7 Å². The summed E-state index contributed by atoms with van der Waals surface area (Å²) in [6.07, 6.45) is 1.80. The Morgan fingerprint density at radius 3 is 2.33 bits per heavy atom. The summed E-state index contributed by atoms with van der Waals surface area (Å²) in [5.74, 6) is 1.59. The maximum atomic E-state index is 8.11. The number of halogens is 1. The summed E-state index contributed by atoms with van der Waals surface area (Å²) in [7, 11) is 3.23. The summed E-state index contributed by atoms with van der Waals surface area (Å²) >= 11 is 1.50. The van der Waals surface area contributed by atoms with Gasteiger partial charge in [-0.2, -0.15) is 0 Å². The molecule has 0 saturated heterocycles. The van der Waals surface area contributed by atoms with Crippen molar-refractivity contribution in [2.75, 3.05) is 19.5 Å². The number of ether oxygens (including phenoxy) is 2. The number of methoxy groups -OCH3 is 2. The van der Waals surface area contributed by atoms with Crippen molar-refractivity contribution < 1.29 is 9.47 Å². The smallest absolute Gasteiger partial charge is 0.195 e. The van der Waals surface area contributed by atoms with Crippen molar-refractivity contribution in [3.63, 3.8) is 0 Å². The Labute approximate surface area is 172 Å². The van der Waals surface area contributed by atoms with Crippen LogP contribution in [0.1, 0.15) is 5.56 Å². The van der Waals surface area contributed by atoms with Gasteiger partial charge in [0.2, 0.25) is 0 Å². The molecule has 0 aliphatic rings. The molecule has 0 atom stereocenters. The molecular weight excluding hydrogens is 428 g/mol. The van der Waals surface area contributed by atoms with Crippen LogP contribution in [0.5, 0.6) is 11.5 Å². The number of thiazole rings is 1. The zero-order valence-electron chi connectivity index (χ0n) is 15.0. The summed E-state index contributed by atoms with van der Waals surface area (Å²) in [6.45, 7) is 0.399. The van der Waals surface area contributed by atoms with Crippen molar-refractivity contribution in [2.45, 2.75) is 6.54 Å². The number of nitrogens with one attached hydrogen (secondary N) is 3. The Morgan fingerprint density at radius 2 is 1.70 bits per heavy atom. The molecule has 2 aromatic carbocycles. The van der Waals surface area contributed by atoms with E-state index in [9.17, 15) is 0 Å². The van der Waals surface area contributed by atoms with Crippen LogP contribution < -0.4 is 20.1 Å². The lowest BCUT2D eigenvalue weighted by atomic mass is 10.1. The minimum atomic E-state index is 0. The molecule has 0 saturated carbocycles. The second-order valence-electron chi connectivity index (χ2n) is 5.39. The molecule has 0 amide bonds. The van der Waals surface area contributed by atoms with Gasteiger partial charge in [-0.25, -0.2) is 4.98 Å². The number of guanidine groups is 1. The van der Waals surface area contributed by atoms with Crippen molar-refractivity contribution >= 4 is 39.4 Å². The van der Waals surface area contributed by atoms with E-state index in [1.165, 1.54) is 11.3 Å². The monoisotopic (exact) mass is 448 g/mol. The Kier molecular flexibility index (Phi) is 7.63. The van der Waals surface area contributed by atoms with Crippen molar-refractivity contribution in [1.29, 1.82) is 5.41 Å². The largest absolute Gasteiger partial charge is 0.496 e. The van der Waals surface area contributed by atoms with Crippen molar-refractivity contribution in [3.05, 3.63) is 60.3 Å². The van der Waals surface area contributed by atoms with Gasteiger partial charge in [0.05, 0.1) is 31.2 Å². The fourth-order valence-corrected chi connectivity index (χ4v) is 3.32. The van der Waals surface area contributed by atoms with Gasteiger partial charge in [-0.3, -0.25) is 5.41 Å². The number of benzene rings is 2. The van der Waals surface area contributed by atoms with E-state index in [1.807, 2.05) is 48.5 Å². The molecule has 8 heteroatoms. The molecule has 3 rings (SSSR count). The van der Waals surface area contributed by atoms with Crippen LogP contribution in [0, 0.1) is 5.41 Å². The highest BCUT2D eigenvalue weighted by molar-refractivity contribution is 8.93. The minimum Gasteiger partial charge on any atom is -0.496 e. The Bertz CT molecular complexity index is 864. The highest BCUT2D eigenvalue weighted by Crippen LogP contribution is 2.29. The quantitative estimate of drug-likeness (QED) is 0.380. The normalized spacial score (nSPS) is 9.85. The second kappa shape index (κ2) is 9.94. The van der Waals surface area contributed by atoms with E-state index < -0.39 is 0 Å². The van der Waals surface area contributed by atoms with Gasteiger partial charge >= 0.3 is 0 Å². The molecule has 0 spiro atoms. The van der Waals surface area contributed by atoms with Crippen molar-refractivity contribution in [3.8, 4) is 21.9 Å². The molecule has 6 nitrogen and oxygen atoms in total. The van der Waals surface area contributed by atoms with Crippen LogP contribution in [0.4, 0.5) is 5.13 Å². The van der Waals surface area contributed by atoms with E-state index >= 15 is 0 Å². The standard InChI is InChI=1S/C19H20N4O2S.BrH/c1-24-15-9-6-10-16(25-2)14(15)11-21-18(20)23-19-22-12-17(26-19)13-7-4-3-5-8-13;/h3-10,12H,11H2,1-2H3,(H3,20,21,22,23);1H. The summed E-state index contributed by atoms with van der Waals surface area (Å²) in [5, 5.41) is 14.8. The molecule has 142 valence electrons. The maximum Gasteiger partial charge on any atom is 0.195 e. The zero-order valence-corrected chi connectivity index (χ0v) is 17.5. The Balaban J connectivity index is 0.00000261. The lowest BCUT2D eigenvalue weighted by Crippen LogP contribution is -2.29. The van der Waals surface area contributed by atoms with E-state index in [0.29, 0.717) is 23.2 Å². The molecule has 0 unspecified atom stereocenters. The van der Waals surface area contributed by atoms with Gasteiger partial charge in [-0.15, -0.1) is 17.0 Å². The van der Waals surface area contributed by atoms with Crippen LogP contribution in [0.3, 0.4) is 0 Å². The zero-order chi connectivity index (χ0) is 18.4. The van der Waals surface area contributed by atoms with Gasteiger partial charge in [0.15, 0.2) is 11.1 Å². The maximum absolute atomic E-state index is 8.11. The molecule has 0 aliphatic heterocycles. The summed E-state index contributed by atoms with van der Waals surface area (Å²) in [5.41, 5.74) is 1.96. The number of rotatable bonds is 6. The van der Waals surface area contributed by atoms with Crippen molar-refractivity contribution in [2.24, 2.45) is 0 Å². The van der Waals surface area contributed by atoms with Crippen LogP contribution in [-0.2, 0) is 6.54 Å². The predicted octanol–water partition coefficient (Wildman–Crippen LogP) is 4.54. The summed E-state index contributed by atoms with van der Waals surface area (Å²) in [4.78, 5) is 5.38. The molecule has 1 heterocycles. The first-order valence-electron chi connectivity index (χ1n) is 8.02. The lowest BCUT2D eigenvalue weighted by molar-refractivity contribution is 0.384. The third-order valence-corrected chi connectivity index (χ3v) is 4.73. The molecule has 0 aliphatic carbocycles. The minimum absolute atomic E-state index is 0. The topological polar surface area (TPSA) is 79.3 Å². The van der Waals surface area contributed by atoms with Crippen LogP contribution in [0.25, 0.3) is 10.4 Å². The number of nitrogens with zero attached hydrogens (tertiary/aromatic N) is 1. The average molecular weight is 449 g/mol. The fraction of sp³-hybridized carbons (Fsp3) is 0.158. The van der Waals surface area contributed by atoms with Gasteiger partial charge < -0.3 is 20.1 Å². The third-order valence-electron chi connectivity index (χ3n) is 3.77. The molecule has 0 radical (unpaired) electrons. The number of hydrogen-bond donors (Lipinski definition) is 3. The first-order valence-corrected chi connectivity index (χ1v) is 8.83. The second-order valence-corrected chi connectivity index (χ2v) is 6.42. The van der Waals surface area contributed by atoms with Gasteiger partial charge in [-0.05, 0) is 17.7 Å². The highest BCUT2D eigenvalue weighted by Gasteiger charge is 2.11. The predicted molar refractivity (Wildman–Crippen MR) is 116 cm³/mol. The van der Waals surface area contributed by atoms with Crippen LogP contribution >= 0.6 is 28.3 Å². The van der Waals surface area contributed by atoms with E-state index in [0.717, 1.165) is 16.0 Å². The summed E-state index contributed by atoms with van der Waals surface area (Å²) < 4.78 is 10.7. The Hall–Kier alpha value is -2.58. The van der Waals surface area contributed by atoms with E-state index in [4.69, 9.17) is 14.9 Å². The van der Waals surface area contributed by atoms with Crippen LogP contribution in [0.2, 0.25) is 0 Å². The highest BCUT2D eigenvalue weighted by atomic mass is 79.9. The molecular formula is C19H21BrN4O2S. The average Bonchev–Trinajstić information content (AvgIpc) is 3.15. The fourth-order valence-electron chi connectivity index (χ4n) is 2.50. The SMILES string of the molecule is Br.COc1cccc(OC)c1CNC(=N)Nc1ncc(-c2ccccc2)s1. The van der Waals surface area contributed by atoms with Gasteiger partial charge in [0.25, 0.3) is 0 Å². The van der Waals surface area contributed by atoms with E-state index in [2.05, 4.69) is 15.6 Å².